The van der Waals surface area contributed by atoms with Gasteiger partial charge >= 0.3 is 6.03 Å². The fraction of sp³-hybridized carbons (Fsp3) is 0.375. The van der Waals surface area contributed by atoms with E-state index in [0.717, 1.165) is 17.7 Å². The molecule has 0 saturated heterocycles. The summed E-state index contributed by atoms with van der Waals surface area (Å²) in [7, 11) is 1.62. The number of methoxy groups -OCH3 is 1. The van der Waals surface area contributed by atoms with Crippen LogP contribution < -0.4 is 10.6 Å². The minimum absolute atomic E-state index is 0.0115. The Morgan fingerprint density at radius 1 is 1.45 bits per heavy atom. The third kappa shape index (κ3) is 4.33. The van der Waals surface area contributed by atoms with Gasteiger partial charge in [-0.1, -0.05) is 13.0 Å². The molecule has 0 saturated carbocycles. The molecule has 1 atom stereocenters. The Balaban J connectivity index is 2.02. The van der Waals surface area contributed by atoms with Gasteiger partial charge in [0.25, 0.3) is 0 Å². The summed E-state index contributed by atoms with van der Waals surface area (Å²) >= 11 is 0. The quantitative estimate of drug-likeness (QED) is 0.859. The molecule has 0 aliphatic rings. The number of amides is 2. The molecule has 2 aromatic rings. The van der Waals surface area contributed by atoms with Gasteiger partial charge in [-0.05, 0) is 31.5 Å². The summed E-state index contributed by atoms with van der Waals surface area (Å²) in [5, 5.41) is 5.67. The van der Waals surface area contributed by atoms with E-state index in [9.17, 15) is 4.79 Å². The molecule has 0 fully saturated rings. The second-order valence-electron chi connectivity index (χ2n) is 5.02. The van der Waals surface area contributed by atoms with Crippen LogP contribution >= 0.6 is 0 Å². The largest absolute Gasteiger partial charge is 0.441 e. The summed E-state index contributed by atoms with van der Waals surface area (Å²) in [5.41, 5.74) is 1.49. The fourth-order valence-electron chi connectivity index (χ4n) is 2.03. The van der Waals surface area contributed by atoms with Gasteiger partial charge < -0.3 is 19.8 Å². The zero-order valence-electron chi connectivity index (χ0n) is 13.1. The van der Waals surface area contributed by atoms with Crippen molar-refractivity contribution in [3.63, 3.8) is 0 Å². The lowest BCUT2D eigenvalue weighted by Gasteiger charge is -2.16. The average molecular weight is 303 g/mol. The molecule has 0 unspecified atom stereocenters. The Kier molecular flexibility index (Phi) is 5.55. The van der Waals surface area contributed by atoms with Crippen LogP contribution in [0.15, 0.2) is 34.9 Å². The molecule has 0 radical (unpaired) electrons. The van der Waals surface area contributed by atoms with Crippen molar-refractivity contribution in [2.75, 3.05) is 19.0 Å². The van der Waals surface area contributed by atoms with Gasteiger partial charge in [0.15, 0.2) is 0 Å². The van der Waals surface area contributed by atoms with Crippen LogP contribution in [0.25, 0.3) is 11.5 Å². The van der Waals surface area contributed by atoms with E-state index in [-0.39, 0.29) is 12.1 Å². The number of aryl methyl sites for hydroxylation is 1. The van der Waals surface area contributed by atoms with Crippen LogP contribution in [-0.2, 0) is 4.74 Å². The highest BCUT2D eigenvalue weighted by Crippen LogP contribution is 2.22. The van der Waals surface area contributed by atoms with Crippen LogP contribution in [-0.4, -0.2) is 30.8 Å². The summed E-state index contributed by atoms with van der Waals surface area (Å²) in [6, 6.07) is 7.09. The predicted octanol–water partition coefficient (Wildman–Crippen LogP) is 3.20. The number of hydrogen-bond donors (Lipinski definition) is 2. The molecule has 2 rings (SSSR count). The van der Waals surface area contributed by atoms with E-state index in [1.54, 1.807) is 13.3 Å². The van der Waals surface area contributed by atoms with Crippen molar-refractivity contribution >= 4 is 11.7 Å². The summed E-state index contributed by atoms with van der Waals surface area (Å²) in [6.45, 7) is 4.32. The van der Waals surface area contributed by atoms with Crippen molar-refractivity contribution in [1.29, 1.82) is 0 Å². The first kappa shape index (κ1) is 16.0. The van der Waals surface area contributed by atoms with E-state index < -0.39 is 0 Å². The molecular weight excluding hydrogens is 282 g/mol. The molecule has 22 heavy (non-hydrogen) atoms. The summed E-state index contributed by atoms with van der Waals surface area (Å²) in [4.78, 5) is 16.2. The van der Waals surface area contributed by atoms with E-state index in [2.05, 4.69) is 15.6 Å². The van der Waals surface area contributed by atoms with Crippen LogP contribution in [0.1, 0.15) is 19.1 Å². The number of hydrogen-bond acceptors (Lipinski definition) is 4. The van der Waals surface area contributed by atoms with Crippen molar-refractivity contribution in [1.82, 2.24) is 10.3 Å². The van der Waals surface area contributed by atoms with Gasteiger partial charge in [0, 0.05) is 18.4 Å². The van der Waals surface area contributed by atoms with Gasteiger partial charge in [-0.2, -0.15) is 0 Å². The lowest BCUT2D eigenvalue weighted by molar-refractivity contribution is 0.165. The van der Waals surface area contributed by atoms with Gasteiger partial charge in [-0.15, -0.1) is 0 Å². The van der Waals surface area contributed by atoms with Crippen molar-refractivity contribution in [3.8, 4) is 11.5 Å². The molecular formula is C16H21N3O3. The first-order valence-electron chi connectivity index (χ1n) is 7.21. The number of ether oxygens (including phenoxy) is 1. The molecule has 1 heterocycles. The van der Waals surface area contributed by atoms with Gasteiger partial charge in [-0.25, -0.2) is 9.78 Å². The second-order valence-corrected chi connectivity index (χ2v) is 5.02. The van der Waals surface area contributed by atoms with E-state index in [1.165, 1.54) is 0 Å². The number of oxazole rings is 1. The zero-order valence-corrected chi connectivity index (χ0v) is 13.1. The van der Waals surface area contributed by atoms with Crippen molar-refractivity contribution in [2.45, 2.75) is 26.3 Å². The molecule has 0 bridgehead atoms. The highest BCUT2D eigenvalue weighted by Gasteiger charge is 2.11. The number of anilines is 1. The first-order valence-corrected chi connectivity index (χ1v) is 7.21. The fourth-order valence-corrected chi connectivity index (χ4v) is 2.03. The van der Waals surface area contributed by atoms with Gasteiger partial charge in [0.2, 0.25) is 5.89 Å². The highest BCUT2D eigenvalue weighted by atomic mass is 16.5. The van der Waals surface area contributed by atoms with Crippen LogP contribution in [0.4, 0.5) is 10.5 Å². The number of benzene rings is 1. The van der Waals surface area contributed by atoms with Crippen LogP contribution in [0.2, 0.25) is 0 Å². The molecule has 0 aliphatic heterocycles. The Labute approximate surface area is 129 Å². The third-order valence-corrected chi connectivity index (χ3v) is 3.18. The summed E-state index contributed by atoms with van der Waals surface area (Å²) < 4.78 is 10.5. The summed E-state index contributed by atoms with van der Waals surface area (Å²) in [6.07, 6.45) is 2.47. The number of aromatic nitrogens is 1. The molecule has 6 nitrogen and oxygen atoms in total. The Morgan fingerprint density at radius 2 is 2.27 bits per heavy atom. The zero-order chi connectivity index (χ0) is 15.9. The summed E-state index contributed by atoms with van der Waals surface area (Å²) in [5.74, 6) is 1.28. The van der Waals surface area contributed by atoms with E-state index in [4.69, 9.17) is 9.15 Å². The highest BCUT2D eigenvalue weighted by molar-refractivity contribution is 5.90. The normalized spacial score (nSPS) is 12.0. The molecule has 1 aromatic heterocycles. The first-order chi connectivity index (χ1) is 10.6. The van der Waals surface area contributed by atoms with Crippen LogP contribution in [0, 0.1) is 6.92 Å². The predicted molar refractivity (Wildman–Crippen MR) is 84.8 cm³/mol. The van der Waals surface area contributed by atoms with Crippen LogP contribution in [0.5, 0.6) is 0 Å². The minimum atomic E-state index is -0.260. The minimum Gasteiger partial charge on any atom is -0.441 e. The molecule has 0 spiro atoms. The lowest BCUT2D eigenvalue weighted by Crippen LogP contribution is -2.40. The maximum Gasteiger partial charge on any atom is 0.319 e. The SMILES string of the molecule is CC[C@@H](COC)NC(=O)Nc1cccc(-c2ncc(C)o2)c1. The van der Waals surface area contributed by atoms with Crippen molar-refractivity contribution in [2.24, 2.45) is 0 Å². The van der Waals surface area contributed by atoms with Crippen molar-refractivity contribution < 1.29 is 13.9 Å². The Morgan fingerprint density at radius 3 is 2.91 bits per heavy atom. The van der Waals surface area contributed by atoms with Gasteiger partial charge in [-0.3, -0.25) is 0 Å². The maximum absolute atomic E-state index is 12.0. The monoisotopic (exact) mass is 303 g/mol. The number of nitrogens with one attached hydrogen (secondary N) is 2. The number of urea groups is 1. The van der Waals surface area contributed by atoms with E-state index in [1.807, 2.05) is 38.1 Å². The average Bonchev–Trinajstić information content (AvgIpc) is 2.93. The lowest BCUT2D eigenvalue weighted by atomic mass is 10.2. The van der Waals surface area contributed by atoms with Gasteiger partial charge in [0.05, 0.1) is 18.8 Å². The number of carbonyl (C=O) groups is 1. The second kappa shape index (κ2) is 7.61. The number of rotatable bonds is 6. The number of nitrogens with zero attached hydrogens (tertiary/aromatic N) is 1. The maximum atomic E-state index is 12.0. The van der Waals surface area contributed by atoms with Crippen LogP contribution in [0.3, 0.4) is 0 Å². The van der Waals surface area contributed by atoms with Gasteiger partial charge in [0.1, 0.15) is 5.76 Å². The molecule has 0 aliphatic carbocycles. The molecule has 2 N–H and O–H groups in total. The van der Waals surface area contributed by atoms with E-state index in [0.29, 0.717) is 18.2 Å². The molecule has 1 aromatic carbocycles. The Hall–Kier alpha value is -2.34. The molecule has 118 valence electrons. The smallest absolute Gasteiger partial charge is 0.319 e. The number of carbonyl (C=O) groups excluding carboxylic acids is 1. The third-order valence-electron chi connectivity index (χ3n) is 3.18. The van der Waals surface area contributed by atoms with Crippen molar-refractivity contribution in [3.05, 3.63) is 36.2 Å². The topological polar surface area (TPSA) is 76.4 Å². The molecule has 6 heteroatoms. The van der Waals surface area contributed by atoms with E-state index >= 15 is 0 Å². The Bertz CT molecular complexity index is 625. The standard InChI is InChI=1S/C16H21N3O3/c1-4-13(10-21-3)18-16(20)19-14-7-5-6-12(8-14)15-17-9-11(2)22-15/h5-9,13H,4,10H2,1-3H3,(H2,18,19,20)/t13-/m0/s1. The molecule has 2 amide bonds.